The van der Waals surface area contributed by atoms with Gasteiger partial charge in [-0.1, -0.05) is 6.58 Å². The summed E-state index contributed by atoms with van der Waals surface area (Å²) in [6.45, 7) is 4.78. The summed E-state index contributed by atoms with van der Waals surface area (Å²) in [5, 5.41) is 17.3. The molecule has 0 aliphatic carbocycles. The Morgan fingerprint density at radius 1 is 0.957 bits per heavy atom. The first-order valence-electron chi connectivity index (χ1n) is 6.56. The summed E-state index contributed by atoms with van der Waals surface area (Å²) in [6, 6.07) is 0. The minimum atomic E-state index is -1.25. The molecule has 10 heteroatoms. The predicted octanol–water partition coefficient (Wildman–Crippen LogP) is -2.50. The molecule has 0 heterocycles. The highest BCUT2D eigenvalue weighted by Crippen LogP contribution is 2.01. The van der Waals surface area contributed by atoms with Crippen LogP contribution >= 0.6 is 0 Å². The van der Waals surface area contributed by atoms with Gasteiger partial charge in [-0.25, -0.2) is 0 Å². The molecule has 4 amide bonds. The van der Waals surface area contributed by atoms with Crippen molar-refractivity contribution < 1.29 is 29.1 Å². The summed E-state index contributed by atoms with van der Waals surface area (Å²) < 4.78 is 0. The maximum atomic E-state index is 11.9. The SMILES string of the molecule is C=CC(=O)NC(C)(C)C(=O)NCC(=O)NCC(=O)NCC(=O)O. The van der Waals surface area contributed by atoms with Crippen LogP contribution in [0.15, 0.2) is 12.7 Å². The second kappa shape index (κ2) is 9.18. The number of carbonyl (C=O) groups excluding carboxylic acids is 4. The van der Waals surface area contributed by atoms with Crippen LogP contribution in [0.2, 0.25) is 0 Å². The second-order valence-electron chi connectivity index (χ2n) is 4.95. The normalized spacial score (nSPS) is 10.2. The highest BCUT2D eigenvalue weighted by molar-refractivity contribution is 5.96. The van der Waals surface area contributed by atoms with Crippen molar-refractivity contribution >= 4 is 29.6 Å². The molecule has 0 bridgehead atoms. The molecule has 23 heavy (non-hydrogen) atoms. The van der Waals surface area contributed by atoms with Crippen molar-refractivity contribution in [3.8, 4) is 0 Å². The Morgan fingerprint density at radius 3 is 1.91 bits per heavy atom. The Balaban J connectivity index is 4.15. The number of nitrogens with one attached hydrogen (secondary N) is 4. The van der Waals surface area contributed by atoms with E-state index in [1.165, 1.54) is 13.8 Å². The van der Waals surface area contributed by atoms with E-state index < -0.39 is 54.8 Å². The van der Waals surface area contributed by atoms with Gasteiger partial charge in [-0.15, -0.1) is 0 Å². The molecule has 5 N–H and O–H groups in total. The Hall–Kier alpha value is -2.91. The molecule has 0 rings (SSSR count). The molecule has 0 aromatic carbocycles. The van der Waals surface area contributed by atoms with Crippen LogP contribution in [0.25, 0.3) is 0 Å². The first kappa shape index (κ1) is 20.1. The minimum Gasteiger partial charge on any atom is -0.480 e. The van der Waals surface area contributed by atoms with Gasteiger partial charge in [-0.05, 0) is 19.9 Å². The van der Waals surface area contributed by atoms with E-state index in [2.05, 4.69) is 27.8 Å². The summed E-state index contributed by atoms with van der Waals surface area (Å²) in [7, 11) is 0. The summed E-state index contributed by atoms with van der Waals surface area (Å²) in [6.07, 6.45) is 1.01. The molecule has 0 spiro atoms. The van der Waals surface area contributed by atoms with Crippen molar-refractivity contribution in [2.75, 3.05) is 19.6 Å². The van der Waals surface area contributed by atoms with Gasteiger partial charge in [0.1, 0.15) is 12.1 Å². The molecule has 10 nitrogen and oxygen atoms in total. The average Bonchev–Trinajstić information content (AvgIpc) is 2.47. The third-order valence-electron chi connectivity index (χ3n) is 2.48. The van der Waals surface area contributed by atoms with Crippen molar-refractivity contribution in [1.82, 2.24) is 21.3 Å². The van der Waals surface area contributed by atoms with Gasteiger partial charge in [0.2, 0.25) is 23.6 Å². The number of rotatable bonds is 9. The van der Waals surface area contributed by atoms with E-state index in [0.717, 1.165) is 6.08 Å². The predicted molar refractivity (Wildman–Crippen MR) is 79.1 cm³/mol. The summed E-state index contributed by atoms with van der Waals surface area (Å²) >= 11 is 0. The Kier molecular flexibility index (Phi) is 8.02. The molecule has 0 aromatic heterocycles. The van der Waals surface area contributed by atoms with Crippen molar-refractivity contribution in [3.05, 3.63) is 12.7 Å². The van der Waals surface area contributed by atoms with Crippen molar-refractivity contribution in [2.24, 2.45) is 0 Å². The zero-order chi connectivity index (χ0) is 18.0. The van der Waals surface area contributed by atoms with Crippen LogP contribution in [-0.2, 0) is 24.0 Å². The molecule has 0 radical (unpaired) electrons. The van der Waals surface area contributed by atoms with Crippen molar-refractivity contribution in [1.29, 1.82) is 0 Å². The second-order valence-corrected chi connectivity index (χ2v) is 4.95. The standard InChI is InChI=1S/C13H20N4O6/c1-4-8(18)17-13(2,3)12(23)16-6-10(20)14-5-9(19)15-7-11(21)22/h4H,1,5-7H2,2-3H3,(H,14,20)(H,15,19)(H,16,23)(H,17,18)(H,21,22). The van der Waals surface area contributed by atoms with Crippen LogP contribution < -0.4 is 21.3 Å². The van der Waals surface area contributed by atoms with E-state index in [-0.39, 0.29) is 0 Å². The quantitative estimate of drug-likeness (QED) is 0.295. The fraction of sp³-hybridized carbons (Fsp3) is 0.462. The molecule has 0 atom stereocenters. The lowest BCUT2D eigenvalue weighted by molar-refractivity contribution is -0.137. The van der Waals surface area contributed by atoms with E-state index >= 15 is 0 Å². The van der Waals surface area contributed by atoms with Gasteiger partial charge in [0.05, 0.1) is 13.1 Å². The number of carboxylic acid groups (broad SMARTS) is 1. The van der Waals surface area contributed by atoms with Gasteiger partial charge in [-0.3, -0.25) is 24.0 Å². The van der Waals surface area contributed by atoms with Crippen LogP contribution in [0.1, 0.15) is 13.8 Å². The summed E-state index contributed by atoms with van der Waals surface area (Å²) in [4.78, 5) is 55.9. The molecule has 0 aliphatic heterocycles. The van der Waals surface area contributed by atoms with Gasteiger partial charge in [0.25, 0.3) is 0 Å². The van der Waals surface area contributed by atoms with Crippen LogP contribution in [0.4, 0.5) is 0 Å². The Labute approximate surface area is 132 Å². The molecule has 0 fully saturated rings. The van der Waals surface area contributed by atoms with Crippen LogP contribution in [0.5, 0.6) is 0 Å². The molecular formula is C13H20N4O6. The number of hydrogen-bond donors (Lipinski definition) is 5. The fourth-order valence-electron chi connectivity index (χ4n) is 1.28. The largest absolute Gasteiger partial charge is 0.480 e. The molecular weight excluding hydrogens is 308 g/mol. The van der Waals surface area contributed by atoms with Gasteiger partial charge in [0.15, 0.2) is 0 Å². The third-order valence-corrected chi connectivity index (χ3v) is 2.48. The highest BCUT2D eigenvalue weighted by atomic mass is 16.4. The zero-order valence-electron chi connectivity index (χ0n) is 12.9. The number of carbonyl (C=O) groups is 5. The fourth-order valence-corrected chi connectivity index (χ4v) is 1.28. The van der Waals surface area contributed by atoms with E-state index in [9.17, 15) is 24.0 Å². The van der Waals surface area contributed by atoms with E-state index in [1.54, 1.807) is 0 Å². The molecule has 0 unspecified atom stereocenters. The lowest BCUT2D eigenvalue weighted by Crippen LogP contribution is -2.55. The third kappa shape index (κ3) is 8.86. The molecule has 0 aromatic rings. The number of amides is 4. The Bertz CT molecular complexity index is 515. The maximum Gasteiger partial charge on any atom is 0.322 e. The first-order chi connectivity index (χ1) is 10.6. The smallest absolute Gasteiger partial charge is 0.322 e. The summed E-state index contributed by atoms with van der Waals surface area (Å²) in [5.41, 5.74) is -1.25. The number of aliphatic carboxylic acids is 1. The Morgan fingerprint density at radius 2 is 1.43 bits per heavy atom. The maximum absolute atomic E-state index is 11.9. The average molecular weight is 328 g/mol. The van der Waals surface area contributed by atoms with Crippen molar-refractivity contribution in [3.63, 3.8) is 0 Å². The molecule has 0 aliphatic rings. The van der Waals surface area contributed by atoms with E-state index in [0.29, 0.717) is 0 Å². The monoisotopic (exact) mass is 328 g/mol. The number of carboxylic acids is 1. The molecule has 0 saturated heterocycles. The number of hydrogen-bond acceptors (Lipinski definition) is 5. The summed E-state index contributed by atoms with van der Waals surface area (Å²) in [5.74, 6) is -3.66. The van der Waals surface area contributed by atoms with E-state index in [1.807, 2.05) is 0 Å². The van der Waals surface area contributed by atoms with Crippen molar-refractivity contribution in [2.45, 2.75) is 19.4 Å². The van der Waals surface area contributed by atoms with E-state index in [4.69, 9.17) is 5.11 Å². The van der Waals surface area contributed by atoms with Crippen LogP contribution in [0.3, 0.4) is 0 Å². The first-order valence-corrected chi connectivity index (χ1v) is 6.56. The molecule has 0 saturated carbocycles. The van der Waals surface area contributed by atoms with Gasteiger partial charge >= 0.3 is 5.97 Å². The van der Waals surface area contributed by atoms with Gasteiger partial charge < -0.3 is 26.4 Å². The molecule has 128 valence electrons. The minimum absolute atomic E-state index is 0.404. The van der Waals surface area contributed by atoms with Crippen LogP contribution in [-0.4, -0.2) is 59.9 Å². The lowest BCUT2D eigenvalue weighted by atomic mass is 10.0. The van der Waals surface area contributed by atoms with Gasteiger partial charge in [0, 0.05) is 0 Å². The topological polar surface area (TPSA) is 154 Å². The van der Waals surface area contributed by atoms with Gasteiger partial charge in [-0.2, -0.15) is 0 Å². The zero-order valence-corrected chi connectivity index (χ0v) is 12.9. The highest BCUT2D eigenvalue weighted by Gasteiger charge is 2.28. The van der Waals surface area contributed by atoms with Crippen LogP contribution in [0, 0.1) is 0 Å². The lowest BCUT2D eigenvalue weighted by Gasteiger charge is -2.24.